The molecule has 2 amide bonds. The Balaban J connectivity index is 1.53. The number of amides is 2. The SMILES string of the molecule is O=C(N[C@@H](Cc1cc(F)cc(F)c1)c1ncccc1-c1ccc2ccncc2c1)NS(=O)(=O)c1ccccc1Cl. The Morgan fingerprint density at radius 3 is 2.45 bits per heavy atom. The third kappa shape index (κ3) is 6.08. The molecule has 7 nitrogen and oxygen atoms in total. The normalized spacial score (nSPS) is 12.2. The Morgan fingerprint density at radius 2 is 1.68 bits per heavy atom. The van der Waals surface area contributed by atoms with Gasteiger partial charge in [0.15, 0.2) is 0 Å². The van der Waals surface area contributed by atoms with E-state index in [4.69, 9.17) is 11.6 Å². The zero-order valence-corrected chi connectivity index (χ0v) is 22.3. The van der Waals surface area contributed by atoms with Crippen LogP contribution in [0.2, 0.25) is 5.02 Å². The Kier molecular flexibility index (Phi) is 7.72. The fourth-order valence-electron chi connectivity index (χ4n) is 4.40. The van der Waals surface area contributed by atoms with E-state index in [9.17, 15) is 22.0 Å². The highest BCUT2D eigenvalue weighted by atomic mass is 35.5. The van der Waals surface area contributed by atoms with E-state index in [-0.39, 0.29) is 21.9 Å². The van der Waals surface area contributed by atoms with E-state index in [1.165, 1.54) is 24.4 Å². The molecule has 1 atom stereocenters. The van der Waals surface area contributed by atoms with Gasteiger partial charge in [0.25, 0.3) is 10.0 Å². The molecule has 0 radical (unpaired) electrons. The molecular weight excluding hydrogens is 558 g/mol. The number of sulfonamides is 1. The van der Waals surface area contributed by atoms with Crippen molar-refractivity contribution >= 4 is 38.4 Å². The van der Waals surface area contributed by atoms with Crippen molar-refractivity contribution in [2.75, 3.05) is 0 Å². The molecule has 40 heavy (non-hydrogen) atoms. The van der Waals surface area contributed by atoms with Gasteiger partial charge in [0.05, 0.1) is 16.8 Å². The van der Waals surface area contributed by atoms with Crippen molar-refractivity contribution in [1.29, 1.82) is 0 Å². The van der Waals surface area contributed by atoms with Crippen molar-refractivity contribution in [2.24, 2.45) is 0 Å². The van der Waals surface area contributed by atoms with Crippen LogP contribution in [0.25, 0.3) is 21.9 Å². The smallest absolute Gasteiger partial charge is 0.329 e. The first kappa shape index (κ1) is 27.2. The summed E-state index contributed by atoms with van der Waals surface area (Å²) in [5.74, 6) is -1.58. The molecule has 0 bridgehead atoms. The number of halogens is 3. The second-order valence-electron chi connectivity index (χ2n) is 8.92. The number of carbonyl (C=O) groups excluding carboxylic acids is 1. The van der Waals surface area contributed by atoms with Crippen LogP contribution in [0.3, 0.4) is 0 Å². The fourth-order valence-corrected chi connectivity index (χ4v) is 5.84. The number of hydrogen-bond donors (Lipinski definition) is 2. The first-order valence-electron chi connectivity index (χ1n) is 12.0. The molecule has 2 heterocycles. The second kappa shape index (κ2) is 11.4. The number of urea groups is 1. The summed E-state index contributed by atoms with van der Waals surface area (Å²) < 4.78 is 55.8. The van der Waals surface area contributed by atoms with E-state index in [0.29, 0.717) is 11.3 Å². The molecule has 0 fully saturated rings. The average Bonchev–Trinajstić information content (AvgIpc) is 2.92. The van der Waals surface area contributed by atoms with E-state index in [0.717, 1.165) is 34.5 Å². The maximum Gasteiger partial charge on any atom is 0.329 e. The number of hydrogen-bond acceptors (Lipinski definition) is 5. The Bertz CT molecular complexity index is 1820. The topological polar surface area (TPSA) is 101 Å². The number of rotatable bonds is 7. The molecule has 11 heteroatoms. The minimum atomic E-state index is -4.33. The Morgan fingerprint density at radius 1 is 0.900 bits per heavy atom. The van der Waals surface area contributed by atoms with Gasteiger partial charge < -0.3 is 5.32 Å². The summed E-state index contributed by atoms with van der Waals surface area (Å²) in [4.78, 5) is 21.4. The van der Waals surface area contributed by atoms with Gasteiger partial charge in [0.2, 0.25) is 0 Å². The summed E-state index contributed by atoms with van der Waals surface area (Å²) >= 11 is 6.02. The van der Waals surface area contributed by atoms with Crippen molar-refractivity contribution < 1.29 is 22.0 Å². The number of pyridine rings is 2. The van der Waals surface area contributed by atoms with Gasteiger partial charge in [-0.25, -0.2) is 26.7 Å². The summed E-state index contributed by atoms with van der Waals surface area (Å²) in [6, 6.07) is 17.7. The van der Waals surface area contributed by atoms with Gasteiger partial charge in [-0.05, 0) is 65.4 Å². The lowest BCUT2D eigenvalue weighted by Gasteiger charge is -2.22. The summed E-state index contributed by atoms with van der Waals surface area (Å²) in [5, 5.41) is 4.40. The van der Waals surface area contributed by atoms with E-state index < -0.39 is 33.7 Å². The molecule has 3 aromatic carbocycles. The van der Waals surface area contributed by atoms with Crippen molar-refractivity contribution in [2.45, 2.75) is 17.4 Å². The standard InChI is InChI=1S/C29H21ClF2N4O3S/c30-25-5-1-2-6-27(25)40(38,39)36-29(37)35-26(14-18-12-22(31)16-23(32)13-18)28-24(4-3-10-34-28)20-8-7-19-9-11-33-17-21(19)15-20/h1-13,15-17,26H,14H2,(H2,35,36,37)/t26-/m0/s1. The molecule has 2 aromatic heterocycles. The van der Waals surface area contributed by atoms with Crippen LogP contribution in [0.1, 0.15) is 17.3 Å². The van der Waals surface area contributed by atoms with Crippen molar-refractivity contribution in [3.63, 3.8) is 0 Å². The highest BCUT2D eigenvalue weighted by Gasteiger charge is 2.25. The van der Waals surface area contributed by atoms with Crippen LogP contribution < -0.4 is 10.0 Å². The highest BCUT2D eigenvalue weighted by molar-refractivity contribution is 7.90. The largest absolute Gasteiger partial charge is 0.329 e. The summed E-state index contributed by atoms with van der Waals surface area (Å²) in [6.07, 6.45) is 4.83. The number of benzene rings is 3. The number of nitrogens with one attached hydrogen (secondary N) is 2. The van der Waals surface area contributed by atoms with Crippen molar-refractivity contribution in [3.05, 3.63) is 125 Å². The molecule has 0 spiro atoms. The molecule has 5 aromatic rings. The van der Waals surface area contributed by atoms with Crippen LogP contribution in [-0.2, 0) is 16.4 Å². The minimum Gasteiger partial charge on any atom is -0.329 e. The lowest BCUT2D eigenvalue weighted by molar-refractivity contribution is 0.242. The monoisotopic (exact) mass is 578 g/mol. The molecule has 0 aliphatic carbocycles. The molecule has 0 unspecified atom stereocenters. The molecule has 0 aliphatic heterocycles. The minimum absolute atomic E-state index is 0.0626. The molecule has 0 aliphatic rings. The van der Waals surface area contributed by atoms with Gasteiger partial charge in [-0.2, -0.15) is 0 Å². The maximum atomic E-state index is 14.0. The fraction of sp³-hybridized carbons (Fsp3) is 0.0690. The number of carbonyl (C=O) groups is 1. The van der Waals surface area contributed by atoms with E-state index in [1.807, 2.05) is 29.0 Å². The van der Waals surface area contributed by atoms with E-state index in [1.54, 1.807) is 30.6 Å². The molecule has 0 saturated carbocycles. The van der Waals surface area contributed by atoms with Crippen LogP contribution >= 0.6 is 11.6 Å². The first-order valence-corrected chi connectivity index (χ1v) is 13.9. The van der Waals surface area contributed by atoms with Crippen LogP contribution in [0.4, 0.5) is 13.6 Å². The van der Waals surface area contributed by atoms with Crippen LogP contribution in [0, 0.1) is 11.6 Å². The summed E-state index contributed by atoms with van der Waals surface area (Å²) in [7, 11) is -4.33. The quantitative estimate of drug-likeness (QED) is 0.239. The first-order chi connectivity index (χ1) is 19.2. The average molecular weight is 579 g/mol. The third-order valence-corrected chi connectivity index (χ3v) is 7.97. The number of fused-ring (bicyclic) bond motifs is 1. The van der Waals surface area contributed by atoms with Gasteiger partial charge in [-0.15, -0.1) is 0 Å². The Hall–Kier alpha value is -4.41. The highest BCUT2D eigenvalue weighted by Crippen LogP contribution is 2.31. The summed E-state index contributed by atoms with van der Waals surface area (Å²) in [5.41, 5.74) is 1.98. The maximum absolute atomic E-state index is 14.0. The molecule has 0 saturated heterocycles. The number of aromatic nitrogens is 2. The Labute approximate surface area is 233 Å². The third-order valence-electron chi connectivity index (χ3n) is 6.14. The number of nitrogens with zero attached hydrogens (tertiary/aromatic N) is 2. The zero-order valence-electron chi connectivity index (χ0n) is 20.7. The lowest BCUT2D eigenvalue weighted by atomic mass is 9.94. The zero-order chi connectivity index (χ0) is 28.3. The lowest BCUT2D eigenvalue weighted by Crippen LogP contribution is -2.42. The predicted molar refractivity (Wildman–Crippen MR) is 148 cm³/mol. The predicted octanol–water partition coefficient (Wildman–Crippen LogP) is 6.20. The van der Waals surface area contributed by atoms with Gasteiger partial charge in [0.1, 0.15) is 16.5 Å². The van der Waals surface area contributed by atoms with E-state index >= 15 is 0 Å². The van der Waals surface area contributed by atoms with Gasteiger partial charge in [-0.3, -0.25) is 9.97 Å². The van der Waals surface area contributed by atoms with Gasteiger partial charge in [0, 0.05) is 35.6 Å². The molecule has 2 N–H and O–H groups in total. The van der Waals surface area contributed by atoms with Gasteiger partial charge >= 0.3 is 6.03 Å². The van der Waals surface area contributed by atoms with Crippen LogP contribution in [0.5, 0.6) is 0 Å². The van der Waals surface area contributed by atoms with Gasteiger partial charge in [-0.1, -0.05) is 41.9 Å². The van der Waals surface area contributed by atoms with E-state index in [2.05, 4.69) is 15.3 Å². The second-order valence-corrected chi connectivity index (χ2v) is 11.0. The van der Waals surface area contributed by atoms with Crippen molar-refractivity contribution in [3.8, 4) is 11.1 Å². The summed E-state index contributed by atoms with van der Waals surface area (Å²) in [6.45, 7) is 0. The molecule has 202 valence electrons. The van der Waals surface area contributed by atoms with Crippen molar-refractivity contribution in [1.82, 2.24) is 20.0 Å². The molecular formula is C29H21ClF2N4O3S. The molecule has 5 rings (SSSR count). The van der Waals surface area contributed by atoms with Crippen LogP contribution in [0.15, 0.2) is 102 Å². The van der Waals surface area contributed by atoms with Crippen LogP contribution in [-0.4, -0.2) is 24.4 Å².